The Morgan fingerprint density at radius 3 is 1.96 bits per heavy atom. The van der Waals surface area contributed by atoms with Crippen LogP contribution in [0.1, 0.15) is 0 Å². The molecule has 0 aliphatic heterocycles. The smallest absolute Gasteiger partial charge is 0.736 e. The van der Waals surface area contributed by atoms with Crippen LogP contribution in [0.5, 0.6) is 11.5 Å². The van der Waals surface area contributed by atoms with Gasteiger partial charge in [-0.05, 0) is 29.8 Å². The van der Waals surface area contributed by atoms with E-state index in [9.17, 15) is 19.6 Å². The third-order valence-corrected chi connectivity index (χ3v) is 4.30. The molecule has 0 radical (unpaired) electrons. The zero-order valence-electron chi connectivity index (χ0n) is 14.3. The summed E-state index contributed by atoms with van der Waals surface area (Å²) in [6.45, 7) is 0. The predicted molar refractivity (Wildman–Crippen MR) is 93.8 cm³/mol. The molecule has 3 rings (SSSR count). The number of benzene rings is 3. The average Bonchev–Trinajstić information content (AvgIpc) is 2.62. The van der Waals surface area contributed by atoms with Crippen LogP contribution in [0.25, 0.3) is 11.1 Å². The summed E-state index contributed by atoms with van der Waals surface area (Å²) in [5.74, 6) is -0.119. The molecule has 0 bridgehead atoms. The minimum atomic E-state index is -4.75. The summed E-state index contributed by atoms with van der Waals surface area (Å²) >= 11 is 0. The largest absolute Gasteiger partial charge is 1.00 e. The number of hydrogen-bond donors (Lipinski definition) is 0. The maximum Gasteiger partial charge on any atom is 1.00 e. The summed E-state index contributed by atoms with van der Waals surface area (Å²) in [4.78, 5) is 22.8. The molecule has 27 heavy (non-hydrogen) atoms. The van der Waals surface area contributed by atoms with Gasteiger partial charge >= 0.3 is 37.4 Å². The van der Waals surface area contributed by atoms with Crippen LogP contribution in [-0.2, 0) is 4.57 Å². The van der Waals surface area contributed by atoms with Crippen molar-refractivity contribution in [2.24, 2.45) is 0 Å². The van der Waals surface area contributed by atoms with Gasteiger partial charge in [0.15, 0.2) is 0 Å². The van der Waals surface area contributed by atoms with Crippen molar-refractivity contribution in [2.45, 2.75) is 0 Å². The van der Waals surface area contributed by atoms with E-state index in [0.29, 0.717) is 11.1 Å². The Balaban J connectivity index is 0.00000261. The number of phosphoric ester groups is 1. The fraction of sp³-hybridized carbons (Fsp3) is 0. The topological polar surface area (TPSA) is 102 Å². The number of phosphoric acid groups is 1. The minimum Gasteiger partial charge on any atom is -0.736 e. The van der Waals surface area contributed by atoms with E-state index in [0.717, 1.165) is 6.07 Å². The number of nitrogens with zero attached hydrogens (tertiary/aromatic N) is 1. The second kappa shape index (κ2) is 9.17. The maximum absolute atomic E-state index is 12.0. The fourth-order valence-corrected chi connectivity index (χ4v) is 3.13. The molecule has 0 saturated carbocycles. The van der Waals surface area contributed by atoms with Crippen LogP contribution in [0.15, 0.2) is 78.9 Å². The minimum absolute atomic E-state index is 0. The third kappa shape index (κ3) is 5.66. The third-order valence-electron chi connectivity index (χ3n) is 3.43. The van der Waals surface area contributed by atoms with Gasteiger partial charge in [-0.1, -0.05) is 48.5 Å². The van der Waals surface area contributed by atoms with Crippen LogP contribution >= 0.6 is 7.82 Å². The van der Waals surface area contributed by atoms with Crippen LogP contribution in [-0.4, -0.2) is 4.92 Å². The number of nitro benzene ring substituents is 1. The first kappa shape index (κ1) is 21.2. The molecule has 7 nitrogen and oxygen atoms in total. The van der Waals surface area contributed by atoms with Crippen molar-refractivity contribution in [3.8, 4) is 22.6 Å². The zero-order chi connectivity index (χ0) is 18.6. The standard InChI is InChI=1S/C18H14NO6P.Na/c20-19(21)18-13-16(11-12-17(18)14-7-3-1-4-8-14)25-26(22,23)24-15-9-5-2-6-10-15;/h1-13H,(H,22,23);/q;+1/p-1. The van der Waals surface area contributed by atoms with Gasteiger partial charge in [-0.25, -0.2) is 4.57 Å². The molecule has 0 N–H and O–H groups in total. The Labute approximate surface area is 177 Å². The molecule has 9 heteroatoms. The summed E-state index contributed by atoms with van der Waals surface area (Å²) in [5, 5.41) is 11.4. The van der Waals surface area contributed by atoms with E-state index in [1.54, 1.807) is 48.5 Å². The van der Waals surface area contributed by atoms with Gasteiger partial charge in [-0.15, -0.1) is 0 Å². The van der Waals surface area contributed by atoms with Gasteiger partial charge in [0.2, 0.25) is 0 Å². The van der Waals surface area contributed by atoms with Crippen molar-refractivity contribution in [1.82, 2.24) is 0 Å². The van der Waals surface area contributed by atoms with E-state index in [-0.39, 0.29) is 46.7 Å². The molecule has 132 valence electrons. The van der Waals surface area contributed by atoms with E-state index in [4.69, 9.17) is 9.05 Å². The molecule has 0 saturated heterocycles. The van der Waals surface area contributed by atoms with E-state index in [2.05, 4.69) is 0 Å². The molecule has 3 aromatic rings. The van der Waals surface area contributed by atoms with Gasteiger partial charge < -0.3 is 13.9 Å². The monoisotopic (exact) mass is 393 g/mol. The van der Waals surface area contributed by atoms with Crippen LogP contribution < -0.4 is 43.5 Å². The molecule has 1 unspecified atom stereocenters. The molecule has 0 aliphatic carbocycles. The summed E-state index contributed by atoms with van der Waals surface area (Å²) in [6, 6.07) is 20.4. The number of nitro groups is 1. The SMILES string of the molecule is O=[N+]([O-])c1cc(OP(=O)([O-])Oc2ccccc2)ccc1-c1ccccc1.[Na+]. The van der Waals surface area contributed by atoms with E-state index < -0.39 is 12.7 Å². The summed E-state index contributed by atoms with van der Waals surface area (Å²) in [6.07, 6.45) is 0. The Morgan fingerprint density at radius 2 is 1.37 bits per heavy atom. The van der Waals surface area contributed by atoms with Crippen molar-refractivity contribution >= 4 is 13.5 Å². The van der Waals surface area contributed by atoms with Crippen molar-refractivity contribution < 1.29 is 53.0 Å². The van der Waals surface area contributed by atoms with Crippen molar-refractivity contribution in [1.29, 1.82) is 0 Å². The second-order valence-electron chi connectivity index (χ2n) is 5.24. The van der Waals surface area contributed by atoms with Gasteiger partial charge in [0.1, 0.15) is 11.5 Å². The van der Waals surface area contributed by atoms with Gasteiger partial charge in [0.25, 0.3) is 5.69 Å². The quantitative estimate of drug-likeness (QED) is 0.270. The molecule has 0 spiro atoms. The van der Waals surface area contributed by atoms with Crippen LogP contribution in [0.4, 0.5) is 5.69 Å². The predicted octanol–water partition coefficient (Wildman–Crippen LogP) is 1.19. The fourth-order valence-electron chi connectivity index (χ4n) is 2.34. The first-order chi connectivity index (χ1) is 12.4. The molecule has 3 aromatic carbocycles. The van der Waals surface area contributed by atoms with Gasteiger partial charge in [-0.2, -0.15) is 0 Å². The van der Waals surface area contributed by atoms with E-state index in [1.807, 2.05) is 0 Å². The molecule has 0 heterocycles. The normalized spacial score (nSPS) is 12.3. The number of rotatable bonds is 6. The van der Waals surface area contributed by atoms with E-state index >= 15 is 0 Å². The summed E-state index contributed by atoms with van der Waals surface area (Å²) in [7, 11) is -4.75. The first-order valence-corrected chi connectivity index (χ1v) is 9.00. The van der Waals surface area contributed by atoms with Gasteiger partial charge in [0, 0.05) is 0 Å². The van der Waals surface area contributed by atoms with E-state index in [1.165, 1.54) is 24.3 Å². The van der Waals surface area contributed by atoms with Crippen LogP contribution in [0, 0.1) is 10.1 Å². The molecule has 0 amide bonds. The molecule has 0 fully saturated rings. The van der Waals surface area contributed by atoms with Gasteiger partial charge in [-0.3, -0.25) is 10.1 Å². The van der Waals surface area contributed by atoms with Crippen LogP contribution in [0.2, 0.25) is 0 Å². The van der Waals surface area contributed by atoms with Crippen molar-refractivity contribution in [3.05, 3.63) is 89.0 Å². The average molecular weight is 393 g/mol. The summed E-state index contributed by atoms with van der Waals surface area (Å²) in [5.41, 5.74) is 0.720. The maximum atomic E-state index is 12.0. The first-order valence-electron chi connectivity index (χ1n) is 7.54. The van der Waals surface area contributed by atoms with Crippen LogP contribution in [0.3, 0.4) is 0 Å². The number of para-hydroxylation sites is 1. The Hall–Kier alpha value is -2.15. The molecule has 0 aromatic heterocycles. The number of hydrogen-bond acceptors (Lipinski definition) is 6. The second-order valence-corrected chi connectivity index (χ2v) is 6.50. The molecular formula is C18H13NNaO6P. The molecule has 0 aliphatic rings. The molecular weight excluding hydrogens is 380 g/mol. The van der Waals surface area contributed by atoms with Crippen molar-refractivity contribution in [3.63, 3.8) is 0 Å². The summed E-state index contributed by atoms with van der Waals surface area (Å²) < 4.78 is 21.7. The Bertz CT molecular complexity index is 968. The van der Waals surface area contributed by atoms with Crippen molar-refractivity contribution in [2.75, 3.05) is 0 Å². The Kier molecular flexibility index (Phi) is 7.18. The molecule has 1 atom stereocenters. The Morgan fingerprint density at radius 1 is 0.815 bits per heavy atom. The van der Waals surface area contributed by atoms with Gasteiger partial charge in [0.05, 0.1) is 16.6 Å². The zero-order valence-corrected chi connectivity index (χ0v) is 17.2.